The van der Waals surface area contributed by atoms with Crippen LogP contribution in [-0.4, -0.2) is 25.3 Å². The average Bonchev–Trinajstić information content (AvgIpc) is 2.60. The van der Waals surface area contributed by atoms with Crippen molar-refractivity contribution in [3.05, 3.63) is 54.1 Å². The molecule has 1 aliphatic heterocycles. The Hall–Kier alpha value is -1.94. The summed E-state index contributed by atoms with van der Waals surface area (Å²) in [5.74, 6) is -0.443. The van der Waals surface area contributed by atoms with Gasteiger partial charge < -0.3 is 9.26 Å². The minimum absolute atomic E-state index is 0.272. The van der Waals surface area contributed by atoms with E-state index < -0.39 is 19.7 Å². The molecule has 3 rings (SSSR count). The molecule has 0 amide bonds. The lowest BCUT2D eigenvalue weighted by molar-refractivity contribution is -0.137. The third-order valence-corrected chi connectivity index (χ3v) is 6.21. The molecule has 2 aromatic rings. The van der Waals surface area contributed by atoms with Crippen molar-refractivity contribution < 1.29 is 23.1 Å². The fourth-order valence-corrected chi connectivity index (χ4v) is 5.17. The molecule has 0 radical (unpaired) electrons. The van der Waals surface area contributed by atoms with Gasteiger partial charge in [0.25, 0.3) is 0 Å². The van der Waals surface area contributed by atoms with Crippen LogP contribution in [0.1, 0.15) is 19.4 Å². The van der Waals surface area contributed by atoms with Crippen molar-refractivity contribution in [2.45, 2.75) is 26.4 Å². The molecule has 1 heterocycles. The quantitative estimate of drug-likeness (QED) is 0.462. The van der Waals surface area contributed by atoms with Crippen molar-refractivity contribution in [3.8, 4) is 0 Å². The molecule has 2 unspecified atom stereocenters. The Balaban J connectivity index is 2.02. The van der Waals surface area contributed by atoms with Gasteiger partial charge >= 0.3 is 13.6 Å². The molecule has 0 aromatic heterocycles. The van der Waals surface area contributed by atoms with Gasteiger partial charge in [0.05, 0.1) is 24.6 Å². The van der Waals surface area contributed by atoms with E-state index in [4.69, 9.17) is 13.8 Å². The molecule has 0 saturated carbocycles. The molecule has 25 heavy (non-hydrogen) atoms. The molecule has 1 aliphatic rings. The largest absolute Gasteiger partial charge is 0.463 e. The Kier molecular flexibility index (Phi) is 5.38. The Bertz CT molecular complexity index is 858. The molecule has 2 atom stereocenters. The van der Waals surface area contributed by atoms with Crippen LogP contribution in [0.15, 0.2) is 48.6 Å². The first-order chi connectivity index (χ1) is 12.1. The second kappa shape index (κ2) is 7.52. The zero-order valence-corrected chi connectivity index (χ0v) is 15.2. The molecular weight excluding hydrogens is 339 g/mol. The van der Waals surface area contributed by atoms with Crippen LogP contribution in [-0.2, 0) is 29.6 Å². The van der Waals surface area contributed by atoms with Crippen molar-refractivity contribution in [1.29, 1.82) is 0 Å². The lowest BCUT2D eigenvalue weighted by atomic mass is 10.0. The zero-order valence-electron chi connectivity index (χ0n) is 14.3. The first-order valence-electron chi connectivity index (χ1n) is 8.36. The van der Waals surface area contributed by atoms with Crippen LogP contribution >= 0.6 is 7.60 Å². The van der Waals surface area contributed by atoms with Gasteiger partial charge in [-0.15, -0.1) is 0 Å². The van der Waals surface area contributed by atoms with Crippen LogP contribution in [0.4, 0.5) is 0 Å². The number of benzene rings is 2. The lowest BCUT2D eigenvalue weighted by Gasteiger charge is -2.30. The number of rotatable bonds is 5. The predicted molar refractivity (Wildman–Crippen MR) is 97.2 cm³/mol. The van der Waals surface area contributed by atoms with Gasteiger partial charge in [-0.25, -0.2) is 4.79 Å². The normalized spacial score (nSPS) is 22.9. The Morgan fingerprint density at radius 1 is 1.24 bits per heavy atom. The lowest BCUT2D eigenvalue weighted by Crippen LogP contribution is -2.29. The third kappa shape index (κ3) is 3.69. The molecule has 0 spiro atoms. The van der Waals surface area contributed by atoms with Gasteiger partial charge in [0, 0.05) is 12.5 Å². The summed E-state index contributed by atoms with van der Waals surface area (Å²) in [6.45, 7) is 4.11. The average molecular weight is 360 g/mol. The molecular formula is C19H21O5P. The SMILES string of the molecule is CCOC(=O)/C=C/C1Cc2ccc3ccccc3c2P(=O)(OCC)O1. The van der Waals surface area contributed by atoms with Gasteiger partial charge in [-0.3, -0.25) is 9.09 Å². The summed E-state index contributed by atoms with van der Waals surface area (Å²) in [4.78, 5) is 11.5. The van der Waals surface area contributed by atoms with Crippen LogP contribution in [0.5, 0.6) is 0 Å². The summed E-state index contributed by atoms with van der Waals surface area (Å²) in [6.07, 6.45) is 2.92. The number of esters is 1. The number of hydrogen-bond donors (Lipinski definition) is 0. The van der Waals surface area contributed by atoms with Crippen LogP contribution in [0, 0.1) is 0 Å². The van der Waals surface area contributed by atoms with Gasteiger partial charge in [0.2, 0.25) is 0 Å². The maximum Gasteiger partial charge on any atom is 0.362 e. The van der Waals surface area contributed by atoms with E-state index in [9.17, 15) is 9.36 Å². The van der Waals surface area contributed by atoms with E-state index in [-0.39, 0.29) is 6.61 Å². The van der Waals surface area contributed by atoms with E-state index in [0.29, 0.717) is 18.3 Å². The van der Waals surface area contributed by atoms with Gasteiger partial charge in [0.15, 0.2) is 0 Å². The molecule has 0 N–H and O–H groups in total. The Labute approximate surface area is 147 Å². The topological polar surface area (TPSA) is 61.8 Å². The molecule has 2 aromatic carbocycles. The summed E-state index contributed by atoms with van der Waals surface area (Å²) in [5, 5.41) is 2.50. The van der Waals surface area contributed by atoms with Crippen LogP contribution in [0.3, 0.4) is 0 Å². The number of ether oxygens (including phenoxy) is 1. The van der Waals surface area contributed by atoms with E-state index in [1.807, 2.05) is 36.4 Å². The maximum absolute atomic E-state index is 13.5. The summed E-state index contributed by atoms with van der Waals surface area (Å²) < 4.78 is 29.7. The smallest absolute Gasteiger partial charge is 0.362 e. The van der Waals surface area contributed by atoms with Gasteiger partial charge in [-0.2, -0.15) is 0 Å². The van der Waals surface area contributed by atoms with E-state index >= 15 is 0 Å². The fraction of sp³-hybridized carbons (Fsp3) is 0.316. The fourth-order valence-electron chi connectivity index (χ4n) is 3.02. The van der Waals surface area contributed by atoms with Crippen LogP contribution in [0.25, 0.3) is 10.8 Å². The maximum atomic E-state index is 13.5. The molecule has 0 fully saturated rings. The van der Waals surface area contributed by atoms with Crippen LogP contribution in [0.2, 0.25) is 0 Å². The van der Waals surface area contributed by atoms with Crippen LogP contribution < -0.4 is 5.30 Å². The molecule has 6 heteroatoms. The Morgan fingerprint density at radius 3 is 2.80 bits per heavy atom. The summed E-state index contributed by atoms with van der Waals surface area (Å²) >= 11 is 0. The Morgan fingerprint density at radius 2 is 2.04 bits per heavy atom. The number of carbonyl (C=O) groups excluding carboxylic acids is 1. The molecule has 5 nitrogen and oxygen atoms in total. The number of hydrogen-bond acceptors (Lipinski definition) is 5. The van der Waals surface area contributed by atoms with Gasteiger partial charge in [-0.05, 0) is 36.3 Å². The molecule has 0 saturated heterocycles. The number of carbonyl (C=O) groups is 1. The first-order valence-corrected chi connectivity index (χ1v) is 9.90. The highest BCUT2D eigenvalue weighted by molar-refractivity contribution is 7.63. The minimum atomic E-state index is -3.48. The van der Waals surface area contributed by atoms with E-state index in [1.54, 1.807) is 19.9 Å². The zero-order chi connectivity index (χ0) is 17.9. The highest BCUT2D eigenvalue weighted by Gasteiger charge is 2.38. The van der Waals surface area contributed by atoms with Crippen molar-refractivity contribution in [1.82, 2.24) is 0 Å². The molecule has 132 valence electrons. The van der Waals surface area contributed by atoms with Gasteiger partial charge in [0.1, 0.15) is 0 Å². The van der Waals surface area contributed by atoms with E-state index in [0.717, 1.165) is 16.3 Å². The van der Waals surface area contributed by atoms with Crippen molar-refractivity contribution >= 4 is 29.6 Å². The summed E-state index contributed by atoms with van der Waals surface area (Å²) in [7, 11) is -3.48. The minimum Gasteiger partial charge on any atom is -0.463 e. The predicted octanol–water partition coefficient (Wildman–Crippen LogP) is 3.76. The van der Waals surface area contributed by atoms with E-state index in [2.05, 4.69) is 0 Å². The first kappa shape index (κ1) is 17.9. The van der Waals surface area contributed by atoms with Crippen molar-refractivity contribution in [2.24, 2.45) is 0 Å². The second-order valence-corrected chi connectivity index (χ2v) is 7.58. The van der Waals surface area contributed by atoms with Gasteiger partial charge in [-0.1, -0.05) is 36.4 Å². The standard InChI is InChI=1S/C19H21O5P/c1-3-22-18(20)12-11-16-13-15-10-9-14-7-5-6-8-17(14)19(15)25(21,24-16)23-4-2/h5-12,16H,3-4,13H2,1-2H3/b12-11+. The van der Waals surface area contributed by atoms with E-state index in [1.165, 1.54) is 6.08 Å². The monoisotopic (exact) mass is 360 g/mol. The molecule has 0 bridgehead atoms. The summed E-state index contributed by atoms with van der Waals surface area (Å²) in [5.41, 5.74) is 0.917. The highest BCUT2D eigenvalue weighted by atomic mass is 31.2. The number of fused-ring (bicyclic) bond motifs is 3. The second-order valence-electron chi connectivity index (χ2n) is 5.67. The summed E-state index contributed by atoms with van der Waals surface area (Å²) in [6, 6.07) is 11.7. The van der Waals surface area contributed by atoms with Crippen molar-refractivity contribution in [3.63, 3.8) is 0 Å². The highest BCUT2D eigenvalue weighted by Crippen LogP contribution is 2.53. The van der Waals surface area contributed by atoms with Crippen molar-refractivity contribution in [2.75, 3.05) is 13.2 Å². The molecule has 0 aliphatic carbocycles. The third-order valence-electron chi connectivity index (χ3n) is 3.99.